The maximum Gasteiger partial charge on any atom is 0.326 e. The van der Waals surface area contributed by atoms with E-state index in [0.29, 0.717) is 74.1 Å². The number of piperazine rings is 1. The second-order valence-electron chi connectivity index (χ2n) is 15.0. The molecule has 1 aliphatic heterocycles. The van der Waals surface area contributed by atoms with E-state index in [-0.39, 0.29) is 24.8 Å². The molecule has 7 aromatic rings. The number of fused-ring (bicyclic) bond motifs is 1. The summed E-state index contributed by atoms with van der Waals surface area (Å²) in [5, 5.41) is 14.3. The van der Waals surface area contributed by atoms with Crippen LogP contribution in [0.5, 0.6) is 17.2 Å². The van der Waals surface area contributed by atoms with Gasteiger partial charge in [0.05, 0.1) is 34.8 Å². The highest BCUT2D eigenvalue weighted by molar-refractivity contribution is 6.33. The molecule has 1 fully saturated rings. The third-order valence-corrected chi connectivity index (χ3v) is 11.4. The van der Waals surface area contributed by atoms with E-state index in [9.17, 15) is 14.3 Å². The van der Waals surface area contributed by atoms with Crippen molar-refractivity contribution in [3.63, 3.8) is 0 Å². The van der Waals surface area contributed by atoms with Crippen LogP contribution in [0.15, 0.2) is 109 Å². The normalized spacial score (nSPS) is 13.8. The summed E-state index contributed by atoms with van der Waals surface area (Å²) in [6.07, 6.45) is 3.27. The third-order valence-electron chi connectivity index (χ3n) is 11.0. The number of ether oxygens (including phenoxy) is 3. The minimum atomic E-state index is -1.15. The number of carboxylic acids is 1. The lowest BCUT2D eigenvalue weighted by atomic mass is 10.0. The van der Waals surface area contributed by atoms with E-state index < -0.39 is 12.0 Å². The molecule has 1 atom stereocenters. The molecule has 0 aliphatic carbocycles. The van der Waals surface area contributed by atoms with Gasteiger partial charge in [0.15, 0.2) is 5.82 Å². The van der Waals surface area contributed by atoms with Crippen molar-refractivity contribution in [3.8, 4) is 51.2 Å². The first-order valence-corrected chi connectivity index (χ1v) is 20.7. The number of aliphatic carboxylic acids is 1. The van der Waals surface area contributed by atoms with Crippen LogP contribution in [0.3, 0.4) is 0 Å². The van der Waals surface area contributed by atoms with Gasteiger partial charge in [-0.25, -0.2) is 29.1 Å². The van der Waals surface area contributed by atoms with E-state index in [1.54, 1.807) is 54.2 Å². The molecule has 15 heteroatoms. The number of aromatic nitrogens is 5. The van der Waals surface area contributed by atoms with Crippen molar-refractivity contribution in [2.75, 3.05) is 58.8 Å². The summed E-state index contributed by atoms with van der Waals surface area (Å²) in [6.45, 7) is 7.27. The van der Waals surface area contributed by atoms with Gasteiger partial charge in [0, 0.05) is 62.7 Å². The predicted octanol–water partition coefficient (Wildman–Crippen LogP) is 7.94. The number of methoxy groups -OCH3 is 1. The zero-order chi connectivity index (χ0) is 43.2. The van der Waals surface area contributed by atoms with E-state index in [2.05, 4.69) is 32.1 Å². The molecule has 3 aromatic heterocycles. The number of nitrogens with zero attached hydrogens (tertiary/aromatic N) is 7. The highest BCUT2D eigenvalue weighted by Crippen LogP contribution is 2.41. The number of hydrogen-bond acceptors (Lipinski definition) is 11. The maximum absolute atomic E-state index is 14.2. The molecule has 0 saturated carbocycles. The second-order valence-corrected chi connectivity index (χ2v) is 15.4. The van der Waals surface area contributed by atoms with Crippen LogP contribution >= 0.6 is 11.6 Å². The zero-order valence-corrected chi connectivity index (χ0v) is 35.3. The first-order chi connectivity index (χ1) is 30.2. The Morgan fingerprint density at radius 3 is 2.37 bits per heavy atom. The number of likely N-dealkylation sites (N-methyl/N-ethyl adjacent to an activating group) is 1. The van der Waals surface area contributed by atoms with Crippen LogP contribution in [-0.4, -0.2) is 105 Å². The van der Waals surface area contributed by atoms with Gasteiger partial charge in [-0.05, 0) is 91.8 Å². The number of para-hydroxylation sites is 2. The van der Waals surface area contributed by atoms with Gasteiger partial charge in [0.2, 0.25) is 5.95 Å². The van der Waals surface area contributed by atoms with Crippen molar-refractivity contribution in [1.82, 2.24) is 34.1 Å². The standard InChI is InChI=1S/C47H46ClFN8O5/c1-30-35(16-17-40(42(30)48)61-27-26-56-24-22-55(2)23-25-56)44-43(31-12-14-33(49)15-13-31)54-41-19-21-51-47(57(41)44)53-37(46(58)59)28-32-8-4-6-10-38(32)62-29-34-18-20-50-45(52-34)36-9-5-7-11-39(36)60-3/h4-21,37H,22-29H2,1-3H3,(H,51,53)(H,58,59). The van der Waals surface area contributed by atoms with Crippen molar-refractivity contribution in [2.24, 2.45) is 0 Å². The van der Waals surface area contributed by atoms with Gasteiger partial charge in [0.25, 0.3) is 0 Å². The number of nitrogens with one attached hydrogen (secondary N) is 1. The maximum atomic E-state index is 14.2. The molecule has 0 bridgehead atoms. The van der Waals surface area contributed by atoms with Gasteiger partial charge < -0.3 is 29.5 Å². The molecule has 1 unspecified atom stereocenters. The summed E-state index contributed by atoms with van der Waals surface area (Å²) in [5.74, 6) is 0.945. The molecule has 318 valence electrons. The van der Waals surface area contributed by atoms with Crippen molar-refractivity contribution in [3.05, 3.63) is 137 Å². The van der Waals surface area contributed by atoms with E-state index >= 15 is 0 Å². The molecular formula is C47H46ClFN8O5. The minimum Gasteiger partial charge on any atom is -0.496 e. The Morgan fingerprint density at radius 2 is 1.60 bits per heavy atom. The van der Waals surface area contributed by atoms with E-state index in [0.717, 1.165) is 43.9 Å². The topological polar surface area (TPSA) is 139 Å². The second kappa shape index (κ2) is 19.0. The Morgan fingerprint density at radius 1 is 0.855 bits per heavy atom. The molecule has 1 saturated heterocycles. The van der Waals surface area contributed by atoms with Crippen LogP contribution in [0, 0.1) is 12.7 Å². The highest BCUT2D eigenvalue weighted by atomic mass is 35.5. The lowest BCUT2D eigenvalue weighted by Gasteiger charge is -2.32. The molecule has 2 N–H and O–H groups in total. The quantitative estimate of drug-likeness (QED) is 0.0976. The van der Waals surface area contributed by atoms with Gasteiger partial charge in [-0.1, -0.05) is 41.9 Å². The predicted molar refractivity (Wildman–Crippen MR) is 237 cm³/mol. The Hall–Kier alpha value is -6.61. The summed E-state index contributed by atoms with van der Waals surface area (Å²) < 4.78 is 34.0. The molecular weight excluding hydrogens is 811 g/mol. The molecule has 1 aliphatic rings. The first-order valence-electron chi connectivity index (χ1n) is 20.3. The van der Waals surface area contributed by atoms with Gasteiger partial charge in [-0.15, -0.1) is 0 Å². The summed E-state index contributed by atoms with van der Waals surface area (Å²) in [5.41, 5.74) is 5.75. The summed E-state index contributed by atoms with van der Waals surface area (Å²) >= 11 is 7.05. The van der Waals surface area contributed by atoms with Crippen LogP contribution in [0.25, 0.3) is 39.5 Å². The lowest BCUT2D eigenvalue weighted by molar-refractivity contribution is -0.137. The number of rotatable bonds is 16. The Labute approximate surface area is 363 Å². The number of halogens is 2. The number of carboxylic acid groups (broad SMARTS) is 1. The smallest absolute Gasteiger partial charge is 0.326 e. The van der Waals surface area contributed by atoms with Crippen LogP contribution in [0.4, 0.5) is 10.3 Å². The van der Waals surface area contributed by atoms with Crippen LogP contribution in [0.2, 0.25) is 5.02 Å². The van der Waals surface area contributed by atoms with Crippen LogP contribution in [0.1, 0.15) is 16.8 Å². The van der Waals surface area contributed by atoms with E-state index in [1.807, 2.05) is 61.5 Å². The fourth-order valence-corrected chi connectivity index (χ4v) is 7.74. The van der Waals surface area contributed by atoms with Crippen molar-refractivity contribution in [2.45, 2.75) is 26.0 Å². The largest absolute Gasteiger partial charge is 0.496 e. The van der Waals surface area contributed by atoms with Gasteiger partial charge in [-0.3, -0.25) is 9.30 Å². The van der Waals surface area contributed by atoms with Gasteiger partial charge >= 0.3 is 5.97 Å². The zero-order valence-electron chi connectivity index (χ0n) is 34.6. The highest BCUT2D eigenvalue weighted by Gasteiger charge is 2.26. The molecule has 0 spiro atoms. The fourth-order valence-electron chi connectivity index (χ4n) is 7.52. The Kier molecular flexibility index (Phi) is 12.9. The molecule has 0 amide bonds. The first kappa shape index (κ1) is 42.1. The number of carbonyl (C=O) groups is 1. The number of benzene rings is 4. The number of imidazole rings is 1. The summed E-state index contributed by atoms with van der Waals surface area (Å²) in [4.78, 5) is 36.5. The SMILES string of the molecule is COc1ccccc1-c1nccc(COc2ccccc2CC(Nc2nccc3nc(-c4ccc(F)cc4)c(-c4ccc(OCCN5CCN(C)CC5)c(Cl)c4C)n23)C(=O)O)n1. The fraction of sp³-hybridized carbons (Fsp3) is 0.255. The third kappa shape index (κ3) is 9.32. The minimum absolute atomic E-state index is 0.0414. The van der Waals surface area contributed by atoms with Crippen LogP contribution in [-0.2, 0) is 17.8 Å². The summed E-state index contributed by atoms with van der Waals surface area (Å²) in [7, 11) is 3.73. The average Bonchev–Trinajstić information content (AvgIpc) is 3.68. The average molecular weight is 857 g/mol. The molecule has 13 nitrogen and oxygen atoms in total. The molecule has 4 aromatic carbocycles. The number of hydrogen-bond donors (Lipinski definition) is 2. The summed E-state index contributed by atoms with van der Waals surface area (Å²) in [6, 6.07) is 27.0. The lowest BCUT2D eigenvalue weighted by Crippen LogP contribution is -2.45. The molecule has 0 radical (unpaired) electrons. The van der Waals surface area contributed by atoms with Gasteiger partial charge in [0.1, 0.15) is 48.0 Å². The molecule has 62 heavy (non-hydrogen) atoms. The Bertz CT molecular complexity index is 2690. The van der Waals surface area contributed by atoms with Crippen LogP contribution < -0.4 is 19.5 Å². The van der Waals surface area contributed by atoms with E-state index in [4.69, 9.17) is 35.8 Å². The van der Waals surface area contributed by atoms with Crippen molar-refractivity contribution >= 4 is 29.2 Å². The van der Waals surface area contributed by atoms with E-state index in [1.165, 1.54) is 12.1 Å². The van der Waals surface area contributed by atoms with Gasteiger partial charge in [-0.2, -0.15) is 0 Å². The Balaban J connectivity index is 1.08. The number of anilines is 1. The molecule has 4 heterocycles. The molecule has 8 rings (SSSR count). The monoisotopic (exact) mass is 856 g/mol. The van der Waals surface area contributed by atoms with Crippen molar-refractivity contribution < 1.29 is 28.5 Å². The van der Waals surface area contributed by atoms with Crippen molar-refractivity contribution in [1.29, 1.82) is 0 Å².